The Morgan fingerprint density at radius 2 is 2.04 bits per heavy atom. The van der Waals surface area contributed by atoms with Crippen molar-refractivity contribution in [3.63, 3.8) is 0 Å². The second-order valence-electron chi connectivity index (χ2n) is 6.77. The zero-order valence-corrected chi connectivity index (χ0v) is 13.8. The first-order valence-electron chi connectivity index (χ1n) is 8.61. The molecule has 0 aromatic heterocycles. The summed E-state index contributed by atoms with van der Waals surface area (Å²) in [7, 11) is 0. The Kier molecular flexibility index (Phi) is 3.58. The van der Waals surface area contributed by atoms with Crippen molar-refractivity contribution in [2.24, 2.45) is 4.99 Å². The van der Waals surface area contributed by atoms with Crippen LogP contribution in [0.25, 0.3) is 11.1 Å². The van der Waals surface area contributed by atoms with E-state index in [1.54, 1.807) is 0 Å². The molecule has 1 heterocycles. The molecule has 2 aromatic carbocycles. The number of allylic oxidation sites excluding steroid dienone is 1. The van der Waals surface area contributed by atoms with Gasteiger partial charge in [0.1, 0.15) is 0 Å². The van der Waals surface area contributed by atoms with Crippen LogP contribution in [0.2, 0.25) is 0 Å². The van der Waals surface area contributed by atoms with Crippen molar-refractivity contribution in [2.45, 2.75) is 37.5 Å². The second kappa shape index (κ2) is 5.76. The Balaban J connectivity index is 1.83. The SMILES string of the molecule is C=CCC12CCCCC1=Nc1ccc(-c3cccc(C#N)c3)cc12. The number of rotatable bonds is 3. The van der Waals surface area contributed by atoms with Crippen LogP contribution in [-0.4, -0.2) is 5.71 Å². The monoisotopic (exact) mass is 312 g/mol. The van der Waals surface area contributed by atoms with E-state index in [0.29, 0.717) is 5.56 Å². The van der Waals surface area contributed by atoms with E-state index in [9.17, 15) is 0 Å². The standard InChI is InChI=1S/C22H20N2/c1-2-11-22-12-4-3-8-21(22)24-20-10-9-18(14-19(20)22)17-7-5-6-16(13-17)15-23/h2,5-7,9-10,13-14H,1,3-4,8,11-12H2. The minimum absolute atomic E-state index is 0.0538. The minimum Gasteiger partial charge on any atom is -0.257 e. The van der Waals surface area contributed by atoms with Crippen LogP contribution in [0.15, 0.2) is 60.1 Å². The molecule has 24 heavy (non-hydrogen) atoms. The molecule has 118 valence electrons. The fourth-order valence-corrected chi connectivity index (χ4v) is 4.24. The number of nitrogens with zero attached hydrogens (tertiary/aromatic N) is 2. The van der Waals surface area contributed by atoms with Gasteiger partial charge in [-0.2, -0.15) is 5.26 Å². The van der Waals surface area contributed by atoms with Crippen LogP contribution in [0.1, 0.15) is 43.2 Å². The highest BCUT2D eigenvalue weighted by atomic mass is 14.8. The first-order valence-corrected chi connectivity index (χ1v) is 8.61. The summed E-state index contributed by atoms with van der Waals surface area (Å²) >= 11 is 0. The average molecular weight is 312 g/mol. The molecule has 0 N–H and O–H groups in total. The molecular weight excluding hydrogens is 292 g/mol. The molecule has 2 aromatic rings. The number of hydrogen-bond donors (Lipinski definition) is 0. The molecule has 4 rings (SSSR count). The van der Waals surface area contributed by atoms with Gasteiger partial charge in [-0.3, -0.25) is 4.99 Å². The number of aliphatic imine (C=N–C) groups is 1. The van der Waals surface area contributed by atoms with Crippen molar-refractivity contribution in [1.29, 1.82) is 5.26 Å². The van der Waals surface area contributed by atoms with Crippen LogP contribution in [0.3, 0.4) is 0 Å². The Hall–Kier alpha value is -2.66. The van der Waals surface area contributed by atoms with Gasteiger partial charge in [0, 0.05) is 11.1 Å². The lowest BCUT2D eigenvalue weighted by molar-refractivity contribution is 0.467. The summed E-state index contributed by atoms with van der Waals surface area (Å²) in [5, 5.41) is 9.15. The fraction of sp³-hybridized carbons (Fsp3) is 0.273. The van der Waals surface area contributed by atoms with Crippen molar-refractivity contribution >= 4 is 11.4 Å². The number of benzene rings is 2. The van der Waals surface area contributed by atoms with Gasteiger partial charge in [-0.05, 0) is 66.6 Å². The van der Waals surface area contributed by atoms with Crippen molar-refractivity contribution < 1.29 is 0 Å². The lowest BCUT2D eigenvalue weighted by Gasteiger charge is -2.35. The van der Waals surface area contributed by atoms with E-state index in [4.69, 9.17) is 10.3 Å². The maximum absolute atomic E-state index is 9.15. The summed E-state index contributed by atoms with van der Waals surface area (Å²) < 4.78 is 0. The van der Waals surface area contributed by atoms with E-state index in [0.717, 1.165) is 36.1 Å². The largest absolute Gasteiger partial charge is 0.257 e. The van der Waals surface area contributed by atoms with Gasteiger partial charge in [0.05, 0.1) is 17.3 Å². The topological polar surface area (TPSA) is 36.1 Å². The van der Waals surface area contributed by atoms with Gasteiger partial charge in [-0.25, -0.2) is 0 Å². The molecule has 0 spiro atoms. The van der Waals surface area contributed by atoms with Crippen molar-refractivity contribution in [1.82, 2.24) is 0 Å². The third-order valence-corrected chi connectivity index (χ3v) is 5.40. The van der Waals surface area contributed by atoms with Gasteiger partial charge in [0.2, 0.25) is 0 Å². The van der Waals surface area contributed by atoms with Crippen LogP contribution in [0.4, 0.5) is 5.69 Å². The molecule has 0 radical (unpaired) electrons. The van der Waals surface area contributed by atoms with Crippen molar-refractivity contribution in [3.8, 4) is 17.2 Å². The predicted octanol–water partition coefficient (Wildman–Crippen LogP) is 5.70. The molecule has 1 aliphatic heterocycles. The first kappa shape index (κ1) is 14.9. The number of hydrogen-bond acceptors (Lipinski definition) is 2. The summed E-state index contributed by atoms with van der Waals surface area (Å²) in [5.41, 5.74) is 6.81. The molecule has 1 saturated carbocycles. The highest BCUT2D eigenvalue weighted by molar-refractivity contribution is 6.03. The highest BCUT2D eigenvalue weighted by Gasteiger charge is 2.43. The summed E-state index contributed by atoms with van der Waals surface area (Å²) in [6, 6.07) is 16.6. The van der Waals surface area contributed by atoms with Crippen molar-refractivity contribution in [3.05, 3.63) is 66.2 Å². The highest BCUT2D eigenvalue weighted by Crippen LogP contribution is 2.50. The maximum Gasteiger partial charge on any atom is 0.0991 e. The normalized spacial score (nSPS) is 21.4. The van der Waals surface area contributed by atoms with E-state index < -0.39 is 0 Å². The van der Waals surface area contributed by atoms with Gasteiger partial charge in [0.15, 0.2) is 0 Å². The second-order valence-corrected chi connectivity index (χ2v) is 6.77. The molecule has 0 saturated heterocycles. The van der Waals surface area contributed by atoms with E-state index in [-0.39, 0.29) is 5.41 Å². The van der Waals surface area contributed by atoms with Crippen LogP contribution in [-0.2, 0) is 5.41 Å². The third-order valence-electron chi connectivity index (χ3n) is 5.40. The van der Waals surface area contributed by atoms with Crippen LogP contribution >= 0.6 is 0 Å². The van der Waals surface area contributed by atoms with E-state index in [2.05, 4.69) is 36.9 Å². The lowest BCUT2D eigenvalue weighted by Crippen LogP contribution is -2.35. The minimum atomic E-state index is 0.0538. The number of nitriles is 1. The first-order chi connectivity index (χ1) is 11.8. The molecule has 0 bridgehead atoms. The van der Waals surface area contributed by atoms with E-state index in [1.165, 1.54) is 24.1 Å². The van der Waals surface area contributed by atoms with Crippen molar-refractivity contribution in [2.75, 3.05) is 0 Å². The van der Waals surface area contributed by atoms with Gasteiger partial charge in [-0.15, -0.1) is 6.58 Å². The Morgan fingerprint density at radius 3 is 2.88 bits per heavy atom. The summed E-state index contributed by atoms with van der Waals surface area (Å²) in [5.74, 6) is 0. The van der Waals surface area contributed by atoms with Crippen LogP contribution in [0, 0.1) is 11.3 Å². The molecule has 1 unspecified atom stereocenters. The Morgan fingerprint density at radius 1 is 1.17 bits per heavy atom. The van der Waals surface area contributed by atoms with E-state index >= 15 is 0 Å². The molecule has 1 aliphatic carbocycles. The summed E-state index contributed by atoms with van der Waals surface area (Å²) in [6.07, 6.45) is 7.75. The van der Waals surface area contributed by atoms with Gasteiger partial charge in [0.25, 0.3) is 0 Å². The Bertz CT molecular complexity index is 885. The molecule has 2 heteroatoms. The predicted molar refractivity (Wildman–Crippen MR) is 98.6 cm³/mol. The smallest absolute Gasteiger partial charge is 0.0991 e. The maximum atomic E-state index is 9.15. The molecule has 0 amide bonds. The zero-order chi connectivity index (χ0) is 16.6. The summed E-state index contributed by atoms with van der Waals surface area (Å²) in [4.78, 5) is 4.95. The zero-order valence-electron chi connectivity index (χ0n) is 13.8. The van der Waals surface area contributed by atoms with Gasteiger partial charge >= 0.3 is 0 Å². The molecule has 2 aliphatic rings. The quantitative estimate of drug-likeness (QED) is 0.670. The average Bonchev–Trinajstić information content (AvgIpc) is 2.95. The summed E-state index contributed by atoms with van der Waals surface area (Å²) in [6.45, 7) is 4.00. The molecular formula is C22H20N2. The van der Waals surface area contributed by atoms with Crippen LogP contribution < -0.4 is 0 Å². The molecule has 2 nitrogen and oxygen atoms in total. The van der Waals surface area contributed by atoms with E-state index in [1.807, 2.05) is 24.3 Å². The molecule has 1 fully saturated rings. The van der Waals surface area contributed by atoms with Crippen LogP contribution in [0.5, 0.6) is 0 Å². The third kappa shape index (κ3) is 2.20. The Labute approximate surface area is 143 Å². The lowest BCUT2D eigenvalue weighted by atomic mass is 9.67. The molecule has 1 atom stereocenters. The van der Waals surface area contributed by atoms with Gasteiger partial charge in [-0.1, -0.05) is 30.7 Å². The van der Waals surface area contributed by atoms with Gasteiger partial charge < -0.3 is 0 Å². The number of fused-ring (bicyclic) bond motifs is 3. The fourth-order valence-electron chi connectivity index (χ4n) is 4.24.